The van der Waals surface area contributed by atoms with Gasteiger partial charge in [0, 0.05) is 92.2 Å². The molecule has 143 heavy (non-hydrogen) atoms. The van der Waals surface area contributed by atoms with Crippen molar-refractivity contribution in [2.75, 3.05) is 19.8 Å². The Kier molecular flexibility index (Phi) is 40.0. The Hall–Kier alpha value is -15.4. The van der Waals surface area contributed by atoms with E-state index in [1.54, 1.807) is 45.8 Å². The van der Waals surface area contributed by atoms with Crippen LogP contribution in [0.3, 0.4) is 0 Å². The summed E-state index contributed by atoms with van der Waals surface area (Å²) in [5.41, 5.74) is 29.8. The second-order valence-electron chi connectivity index (χ2n) is 34.4. The summed E-state index contributed by atoms with van der Waals surface area (Å²) in [5.74, 6) is -3.17. The molecule has 0 saturated heterocycles. The van der Waals surface area contributed by atoms with Crippen LogP contribution in [0.25, 0.3) is 88.4 Å². The molecule has 0 aliphatic carbocycles. The zero-order valence-electron chi connectivity index (χ0n) is 80.8. The number of amides is 2. The molecule has 16 rings (SSSR count). The molecule has 0 radical (unpaired) electrons. The Morgan fingerprint density at radius 3 is 0.951 bits per heavy atom. The molecule has 31 heteroatoms. The van der Waals surface area contributed by atoms with E-state index in [4.69, 9.17) is 67.4 Å². The van der Waals surface area contributed by atoms with Gasteiger partial charge in [-0.15, -0.1) is 0 Å². The fourth-order valence-electron chi connectivity index (χ4n) is 15.1. The average molecular weight is 1950 g/mol. The van der Waals surface area contributed by atoms with Crippen molar-refractivity contribution in [1.29, 1.82) is 0 Å². The molecule has 0 atom stereocenters. The van der Waals surface area contributed by atoms with Gasteiger partial charge in [0.2, 0.25) is 0 Å². The Bertz CT molecular complexity index is 7060. The van der Waals surface area contributed by atoms with Crippen LogP contribution < -0.4 is 55.2 Å². The van der Waals surface area contributed by atoms with Gasteiger partial charge >= 0.3 is 54.9 Å². The minimum Gasteiger partial charge on any atom is -0.870 e. The number of halogens is 4. The molecule has 4 heterocycles. The van der Waals surface area contributed by atoms with Gasteiger partial charge in [0.1, 0.15) is 99.6 Å². The van der Waals surface area contributed by atoms with E-state index < -0.39 is 70.5 Å². The zero-order valence-corrected chi connectivity index (χ0v) is 80.8. The number of carbonyl (C=O) groups excluding carboxylic acids is 5. The summed E-state index contributed by atoms with van der Waals surface area (Å²) in [7, 11) is 0. The second kappa shape index (κ2) is 52.2. The fraction of sp³-hybridized carbons (Fsp3) is 0.232. The molecule has 0 spiro atoms. The third-order valence-electron chi connectivity index (χ3n) is 21.3. The van der Waals surface area contributed by atoms with Crippen LogP contribution in [0.4, 0.5) is 27.2 Å². The monoisotopic (exact) mass is 1950 g/mol. The number of aromatic hydroxyl groups is 1. The summed E-state index contributed by atoms with van der Waals surface area (Å²) in [6.45, 7) is 19.0. The number of hydrogen-bond acceptors (Lipinski definition) is 23. The number of fused-ring (bicyclic) bond motifs is 4. The number of carboxylic acid groups (broad SMARTS) is 1. The SMILES string of the molecule is CC(C)(C)OC(=O)NCc1cccc(-c2cc(CO)cc3ccoc23)c1.CCOC(=O)Cc1cc(F)ccc1O.CCOC(=O)Cc1cc(F)ccc1OCc1cc(-c2cccc(CN)c2)c2occc2c1.CCOC(=O)Cc1cc(F)ccc1OCc1cc(-c2cccc(CNC(=O)OC(C)(C)C)c2)c2occc2c1.NCc1cccc(-c2cc(COc3ccc(F)cc3CC(=O)O)cc3ccoc23)c1.[Li+].[OH-]. The Labute approximate surface area is 835 Å². The van der Waals surface area contributed by atoms with Gasteiger partial charge in [-0.25, -0.2) is 27.2 Å². The molecular formula is C112H111F4LiN4O22. The molecule has 0 bridgehead atoms. The number of aliphatic hydroxyl groups excluding tert-OH is 1. The number of carbonyl (C=O) groups is 6. The zero-order chi connectivity index (χ0) is 101. The van der Waals surface area contributed by atoms with Crippen molar-refractivity contribution >= 4 is 79.9 Å². The van der Waals surface area contributed by atoms with E-state index >= 15 is 0 Å². The number of aliphatic carboxylic acids is 1. The minimum atomic E-state index is -1.05. The third-order valence-corrected chi connectivity index (χ3v) is 21.3. The van der Waals surface area contributed by atoms with Crippen molar-refractivity contribution in [1.82, 2.24) is 10.6 Å². The maximum absolute atomic E-state index is 13.9. The van der Waals surface area contributed by atoms with E-state index in [0.29, 0.717) is 60.1 Å². The molecule has 0 aliphatic rings. The Morgan fingerprint density at radius 1 is 0.357 bits per heavy atom. The molecule has 0 saturated carbocycles. The van der Waals surface area contributed by atoms with Gasteiger partial charge in [0.05, 0.1) is 77.2 Å². The topological polar surface area (TPSA) is 396 Å². The van der Waals surface area contributed by atoms with Gasteiger partial charge in [-0.3, -0.25) is 19.2 Å². The number of alkyl carbamates (subject to hydrolysis) is 2. The van der Waals surface area contributed by atoms with Crippen LogP contribution in [0.1, 0.15) is 129 Å². The predicted octanol–water partition coefficient (Wildman–Crippen LogP) is 20.3. The van der Waals surface area contributed by atoms with Crippen molar-refractivity contribution in [2.24, 2.45) is 11.5 Å². The van der Waals surface area contributed by atoms with Crippen LogP contribution >= 0.6 is 0 Å². The first-order valence-electron chi connectivity index (χ1n) is 45.4. The number of ether oxygens (including phenoxy) is 8. The summed E-state index contributed by atoms with van der Waals surface area (Å²) >= 11 is 0. The van der Waals surface area contributed by atoms with Crippen molar-refractivity contribution in [3.63, 3.8) is 0 Å². The van der Waals surface area contributed by atoms with Crippen LogP contribution in [0.2, 0.25) is 0 Å². The van der Waals surface area contributed by atoms with Crippen molar-refractivity contribution in [2.45, 2.75) is 152 Å². The molecule has 0 unspecified atom stereocenters. The van der Waals surface area contributed by atoms with Gasteiger partial charge in [0.15, 0.2) is 0 Å². The maximum atomic E-state index is 13.9. The third kappa shape index (κ3) is 32.3. The Morgan fingerprint density at radius 2 is 0.643 bits per heavy atom. The van der Waals surface area contributed by atoms with Crippen LogP contribution in [-0.2, 0) is 121 Å². The number of esters is 3. The van der Waals surface area contributed by atoms with Gasteiger partial charge in [-0.2, -0.15) is 0 Å². The van der Waals surface area contributed by atoms with E-state index in [2.05, 4.69) is 15.4 Å². The number of nitrogens with one attached hydrogen (secondary N) is 2. The molecule has 740 valence electrons. The average Bonchev–Trinajstić information content (AvgIpc) is 1.69. The van der Waals surface area contributed by atoms with Crippen molar-refractivity contribution in [3.05, 3.63) is 358 Å². The molecule has 0 fully saturated rings. The summed E-state index contributed by atoms with van der Waals surface area (Å²) in [6.07, 6.45) is 5.06. The Balaban J connectivity index is 0.000000188. The van der Waals surface area contributed by atoms with Gasteiger partial charge in [-0.05, 0) is 299 Å². The first kappa shape index (κ1) is 110. The van der Waals surface area contributed by atoms with Crippen molar-refractivity contribution in [3.8, 4) is 67.5 Å². The predicted molar refractivity (Wildman–Crippen MR) is 529 cm³/mol. The van der Waals surface area contributed by atoms with E-state index in [0.717, 1.165) is 145 Å². The molecule has 0 aliphatic heterocycles. The first-order chi connectivity index (χ1) is 67.7. The standard InChI is InChI=1S/C31H32FNO6.C26H24FNO4.C24H20FNO4.C21H23NO4.C10H11FO3.Li.H2O/c1-5-36-28(34)17-24-16-25(32)9-10-27(24)38-19-21-14-23-11-12-37-29(23)26(15-21)22-8-6-7-20(13-22)18-33-30(35)39-31(2,3)4;1-2-30-25(29)14-21-13-22(27)6-7-24(21)32-16-18-11-20-8-9-31-26(20)23(12-18)19-5-3-4-17(10-19)15-28;25-20-4-5-22(19(11-20)12-23(27)28)30-14-16-9-18-6-7-29-24(18)21(10-16)17-3-1-2-15(8-17)13-26;1-21(2,3)26-20(24)22-12-14-5-4-6-16(9-14)18-11-15(13-23)10-17-7-8-25-19(17)18;1-2-14-10(13)6-7-5-8(11)3-4-9(7)12;;/h6-16H,5,17-19H2,1-4H3,(H,33,35);3-13H,2,14-16,28H2,1H3;1-11H,12-14,26H2,(H,27,28);4-11,23H,12-13H2,1-3H3,(H,22,24);3-5,12H,2,6H2,1H3;;1H2/q;;;;;+1;/p-1. The maximum Gasteiger partial charge on any atom is 1.00 e. The van der Waals surface area contributed by atoms with Crippen LogP contribution in [0.5, 0.6) is 23.0 Å². The van der Waals surface area contributed by atoms with E-state index in [9.17, 15) is 56.5 Å². The number of furan rings is 4. The van der Waals surface area contributed by atoms with Crippen LogP contribution in [-0.4, -0.2) is 87.9 Å². The normalized spacial score (nSPS) is 10.9. The number of carboxylic acids is 1. The first-order valence-corrected chi connectivity index (χ1v) is 45.4. The number of phenolic OH excluding ortho intramolecular Hbond substituents is 1. The number of benzene rings is 12. The number of phenols is 1. The molecule has 26 nitrogen and oxygen atoms in total. The fourth-order valence-corrected chi connectivity index (χ4v) is 15.1. The number of nitrogens with two attached hydrogens (primary N) is 2. The smallest absolute Gasteiger partial charge is 0.870 e. The number of rotatable bonds is 31. The van der Waals surface area contributed by atoms with E-state index in [1.807, 2.05) is 211 Å². The number of hydrogen-bond donors (Lipinski definition) is 7. The summed E-state index contributed by atoms with van der Waals surface area (Å²) in [6, 6.07) is 70.4. The summed E-state index contributed by atoms with van der Waals surface area (Å²) in [4.78, 5) is 69.9. The van der Waals surface area contributed by atoms with E-state index in [-0.39, 0.29) is 108 Å². The molecule has 10 N–H and O–H groups in total. The van der Waals surface area contributed by atoms with E-state index in [1.165, 1.54) is 60.7 Å². The molecule has 12 aromatic carbocycles. The van der Waals surface area contributed by atoms with Gasteiger partial charge < -0.3 is 98.5 Å². The number of aliphatic hydroxyl groups is 1. The van der Waals surface area contributed by atoms with Crippen LogP contribution in [0, 0.1) is 23.3 Å². The quantitative estimate of drug-likeness (QED) is 0.00918. The largest absolute Gasteiger partial charge is 1.00 e. The summed E-state index contributed by atoms with van der Waals surface area (Å²) in [5, 5.41) is 37.1. The van der Waals surface area contributed by atoms with Crippen LogP contribution in [0.15, 0.2) is 285 Å². The molecule has 2 amide bonds. The van der Waals surface area contributed by atoms with Crippen molar-refractivity contribution < 1.29 is 142 Å². The molecule has 16 aromatic rings. The second-order valence-corrected chi connectivity index (χ2v) is 34.4. The summed E-state index contributed by atoms with van der Waals surface area (Å²) < 4.78 is 120. The van der Waals surface area contributed by atoms with Gasteiger partial charge in [-0.1, -0.05) is 72.8 Å². The molecular weight excluding hydrogens is 1840 g/mol. The van der Waals surface area contributed by atoms with Gasteiger partial charge in [0.25, 0.3) is 0 Å². The molecule has 4 aromatic heterocycles. The minimum absolute atomic E-state index is 0.